The van der Waals surface area contributed by atoms with Crippen LogP contribution in [-0.2, 0) is 6.42 Å². The van der Waals surface area contributed by atoms with Crippen LogP contribution in [0.4, 0.5) is 0 Å². The smallest absolute Gasteiger partial charge is 0.133 e. The molecule has 1 N–H and O–H groups in total. The van der Waals surface area contributed by atoms with Gasteiger partial charge in [0.25, 0.3) is 0 Å². The number of ether oxygens (including phenoxy) is 1. The van der Waals surface area contributed by atoms with E-state index in [1.54, 1.807) is 13.2 Å². The van der Waals surface area contributed by atoms with Gasteiger partial charge in [-0.2, -0.15) is 0 Å². The van der Waals surface area contributed by atoms with Gasteiger partial charge in [-0.15, -0.1) is 6.58 Å². The van der Waals surface area contributed by atoms with Crippen LogP contribution < -0.4 is 4.74 Å². The molecule has 0 spiro atoms. The molecule has 0 aromatic heterocycles. The zero-order chi connectivity index (χ0) is 17.2. The number of methoxy groups -OCH3 is 1. The van der Waals surface area contributed by atoms with Gasteiger partial charge in [-0.05, 0) is 63.7 Å². The summed E-state index contributed by atoms with van der Waals surface area (Å²) in [6, 6.07) is 3.60. The van der Waals surface area contributed by atoms with Gasteiger partial charge in [0.2, 0.25) is 0 Å². The van der Waals surface area contributed by atoms with Crippen LogP contribution in [0.3, 0.4) is 0 Å². The number of allylic oxidation sites excluding steroid dienone is 4. The molecule has 3 heteroatoms. The minimum Gasteiger partial charge on any atom is -0.508 e. The molecule has 0 unspecified atom stereocenters. The van der Waals surface area contributed by atoms with E-state index in [1.165, 1.54) is 0 Å². The van der Waals surface area contributed by atoms with Crippen LogP contribution in [-0.4, -0.2) is 12.2 Å². The average molecular weight is 377 g/mol. The number of benzene rings is 1. The van der Waals surface area contributed by atoms with Crippen molar-refractivity contribution in [3.05, 3.63) is 59.1 Å². The maximum absolute atomic E-state index is 10.3. The molecule has 0 bridgehead atoms. The fourth-order valence-corrected chi connectivity index (χ4v) is 3.91. The van der Waals surface area contributed by atoms with Crippen molar-refractivity contribution >= 4 is 15.9 Å². The first-order valence-corrected chi connectivity index (χ1v) is 8.63. The first-order chi connectivity index (χ1) is 10.8. The van der Waals surface area contributed by atoms with Crippen LogP contribution in [0.1, 0.15) is 25.8 Å². The van der Waals surface area contributed by atoms with Crippen molar-refractivity contribution in [3.63, 3.8) is 0 Å². The van der Waals surface area contributed by atoms with Gasteiger partial charge in [-0.1, -0.05) is 44.2 Å². The topological polar surface area (TPSA) is 29.5 Å². The lowest BCUT2D eigenvalue weighted by Crippen LogP contribution is -2.36. The summed E-state index contributed by atoms with van der Waals surface area (Å²) in [5, 5.41) is 10.3. The quantitative estimate of drug-likeness (QED) is 0.671. The molecule has 0 aliphatic heterocycles. The van der Waals surface area contributed by atoms with E-state index in [4.69, 9.17) is 4.74 Å². The second kappa shape index (κ2) is 6.96. The summed E-state index contributed by atoms with van der Waals surface area (Å²) in [6.07, 6.45) is 8.02. The predicted octanol–water partition coefficient (Wildman–Crippen LogP) is 5.67. The van der Waals surface area contributed by atoms with Gasteiger partial charge >= 0.3 is 0 Å². The van der Waals surface area contributed by atoms with E-state index < -0.39 is 0 Å². The first-order valence-electron chi connectivity index (χ1n) is 7.84. The lowest BCUT2D eigenvalue weighted by atomic mass is 9.61. The molecule has 2 nitrogen and oxygen atoms in total. The van der Waals surface area contributed by atoms with Crippen molar-refractivity contribution in [2.75, 3.05) is 7.11 Å². The van der Waals surface area contributed by atoms with E-state index in [-0.39, 0.29) is 17.1 Å². The number of phenols is 1. The van der Waals surface area contributed by atoms with Gasteiger partial charge in [-0.25, -0.2) is 0 Å². The predicted molar refractivity (Wildman–Crippen MR) is 99.9 cm³/mol. The summed E-state index contributed by atoms with van der Waals surface area (Å²) in [7, 11) is 1.63. The molecule has 1 aliphatic carbocycles. The minimum absolute atomic E-state index is 0.0484. The Morgan fingerprint density at radius 2 is 2.09 bits per heavy atom. The van der Waals surface area contributed by atoms with Crippen LogP contribution in [0.15, 0.2) is 53.6 Å². The highest BCUT2D eigenvalue weighted by Gasteiger charge is 2.39. The lowest BCUT2D eigenvalue weighted by Gasteiger charge is -2.43. The van der Waals surface area contributed by atoms with E-state index in [0.717, 1.165) is 34.2 Å². The molecule has 0 amide bonds. The summed E-state index contributed by atoms with van der Waals surface area (Å²) in [5.74, 6) is 1.70. The largest absolute Gasteiger partial charge is 0.508 e. The Kier molecular flexibility index (Phi) is 5.41. The summed E-state index contributed by atoms with van der Waals surface area (Å²) >= 11 is 3.41. The van der Waals surface area contributed by atoms with Crippen LogP contribution in [0, 0.1) is 17.3 Å². The van der Waals surface area contributed by atoms with E-state index in [1.807, 2.05) is 12.1 Å². The van der Waals surface area contributed by atoms with Gasteiger partial charge in [0.15, 0.2) is 0 Å². The Labute approximate surface area is 147 Å². The number of hydrogen-bond acceptors (Lipinski definition) is 2. The summed E-state index contributed by atoms with van der Waals surface area (Å²) < 4.78 is 6.12. The molecular weight excluding hydrogens is 352 g/mol. The molecule has 1 aromatic rings. The molecule has 0 saturated carbocycles. The average Bonchev–Trinajstić information content (AvgIpc) is 2.48. The number of aromatic hydroxyl groups is 1. The molecule has 0 radical (unpaired) electrons. The third-order valence-corrected chi connectivity index (χ3v) is 5.66. The van der Waals surface area contributed by atoms with E-state index >= 15 is 0 Å². The Hall–Kier alpha value is -1.48. The molecule has 0 heterocycles. The van der Waals surface area contributed by atoms with Crippen molar-refractivity contribution in [3.8, 4) is 11.5 Å². The highest BCUT2D eigenvalue weighted by atomic mass is 79.9. The van der Waals surface area contributed by atoms with Crippen molar-refractivity contribution in [2.45, 2.75) is 26.7 Å². The number of halogens is 1. The van der Waals surface area contributed by atoms with Gasteiger partial charge < -0.3 is 9.84 Å². The zero-order valence-corrected chi connectivity index (χ0v) is 15.7. The minimum atomic E-state index is 0.0484. The normalized spacial score (nSPS) is 22.9. The van der Waals surface area contributed by atoms with Crippen LogP contribution in [0.2, 0.25) is 0 Å². The Morgan fingerprint density at radius 1 is 1.39 bits per heavy atom. The number of rotatable bonds is 5. The summed E-state index contributed by atoms with van der Waals surface area (Å²) in [5.41, 5.74) is 2.04. The molecule has 2 atom stereocenters. The van der Waals surface area contributed by atoms with Crippen LogP contribution in [0.25, 0.3) is 0 Å². The molecule has 23 heavy (non-hydrogen) atoms. The van der Waals surface area contributed by atoms with Gasteiger partial charge in [-0.3, -0.25) is 0 Å². The standard InChI is InChI=1S/C20H25BrO2/c1-6-7-15-9-8-13(2)16(20(15,3)4)10-14-11-19(23-5)17(21)12-18(14)22/h6,8-9,11-12,15-16,22H,1-2,7,10H2,3-5H3/t15-,16-/m1/s1. The van der Waals surface area contributed by atoms with Gasteiger partial charge in [0.1, 0.15) is 11.5 Å². The Balaban J connectivity index is 2.36. The third kappa shape index (κ3) is 3.55. The van der Waals surface area contributed by atoms with Crippen LogP contribution in [0.5, 0.6) is 11.5 Å². The first kappa shape index (κ1) is 17.9. The maximum Gasteiger partial charge on any atom is 0.133 e. The number of hydrogen-bond donors (Lipinski definition) is 1. The van der Waals surface area contributed by atoms with E-state index in [9.17, 15) is 5.11 Å². The van der Waals surface area contributed by atoms with Crippen molar-refractivity contribution in [2.24, 2.45) is 17.3 Å². The monoisotopic (exact) mass is 376 g/mol. The van der Waals surface area contributed by atoms with Gasteiger partial charge in [0.05, 0.1) is 11.6 Å². The van der Waals surface area contributed by atoms with Gasteiger partial charge in [0, 0.05) is 0 Å². The fourth-order valence-electron chi connectivity index (χ4n) is 3.42. The third-order valence-electron chi connectivity index (χ3n) is 5.04. The fraction of sp³-hybridized carbons (Fsp3) is 0.400. The SMILES string of the molecule is C=CC[C@@H]1C=CC(=C)[C@@H](Cc2cc(OC)c(Br)cc2O)C1(C)C. The van der Waals surface area contributed by atoms with Crippen molar-refractivity contribution in [1.82, 2.24) is 0 Å². The Morgan fingerprint density at radius 3 is 2.70 bits per heavy atom. The number of phenolic OH excluding ortho intramolecular Hbond substituents is 1. The molecule has 1 aromatic carbocycles. The van der Waals surface area contributed by atoms with Crippen molar-refractivity contribution < 1.29 is 9.84 Å². The highest BCUT2D eigenvalue weighted by molar-refractivity contribution is 9.10. The summed E-state index contributed by atoms with van der Waals surface area (Å²) in [4.78, 5) is 0. The van der Waals surface area contributed by atoms with Crippen LogP contribution >= 0.6 is 15.9 Å². The second-order valence-corrected chi connectivity index (χ2v) is 7.61. The zero-order valence-electron chi connectivity index (χ0n) is 14.1. The molecule has 1 aliphatic rings. The van der Waals surface area contributed by atoms with E-state index in [0.29, 0.717) is 5.92 Å². The Bertz CT molecular complexity index is 643. The molecule has 0 saturated heterocycles. The lowest BCUT2D eigenvalue weighted by molar-refractivity contribution is 0.165. The molecular formula is C20H25BrO2. The second-order valence-electron chi connectivity index (χ2n) is 6.76. The molecule has 0 fully saturated rings. The van der Waals surface area contributed by atoms with E-state index in [2.05, 4.69) is 55.1 Å². The summed E-state index contributed by atoms with van der Waals surface area (Å²) in [6.45, 7) is 12.7. The maximum atomic E-state index is 10.3. The molecule has 124 valence electrons. The highest BCUT2D eigenvalue weighted by Crippen LogP contribution is 2.48. The molecule has 2 rings (SSSR count). The van der Waals surface area contributed by atoms with Crippen molar-refractivity contribution in [1.29, 1.82) is 0 Å².